The molecule has 1 aromatic carbocycles. The zero-order chi connectivity index (χ0) is 15.2. The average Bonchev–Trinajstić information content (AvgIpc) is 2.52. The van der Waals surface area contributed by atoms with Crippen molar-refractivity contribution in [3.63, 3.8) is 0 Å². The quantitative estimate of drug-likeness (QED) is 0.888. The van der Waals surface area contributed by atoms with E-state index < -0.39 is 0 Å². The van der Waals surface area contributed by atoms with Gasteiger partial charge in [-0.2, -0.15) is 0 Å². The summed E-state index contributed by atoms with van der Waals surface area (Å²) in [6.45, 7) is 2.64. The lowest BCUT2D eigenvalue weighted by atomic mass is 9.97. The summed E-state index contributed by atoms with van der Waals surface area (Å²) >= 11 is 0. The van der Waals surface area contributed by atoms with Gasteiger partial charge in [0.05, 0.1) is 32.0 Å². The lowest BCUT2D eigenvalue weighted by Crippen LogP contribution is -2.24. The van der Waals surface area contributed by atoms with Gasteiger partial charge in [-0.25, -0.2) is 4.39 Å². The third-order valence-electron chi connectivity index (χ3n) is 3.28. The zero-order valence-electron chi connectivity index (χ0n) is 12.4. The Balaban J connectivity index is 2.61. The fraction of sp³-hybridized carbons (Fsp3) is 0.312. The summed E-state index contributed by atoms with van der Waals surface area (Å²) in [5.74, 6) is 0.935. The van der Waals surface area contributed by atoms with Gasteiger partial charge in [-0.15, -0.1) is 0 Å². The molecule has 4 nitrogen and oxygen atoms in total. The monoisotopic (exact) mass is 290 g/mol. The Labute approximate surface area is 123 Å². The number of ether oxygens (including phenoxy) is 2. The minimum Gasteiger partial charge on any atom is -0.496 e. The summed E-state index contributed by atoms with van der Waals surface area (Å²) in [5, 5.41) is 3.28. The highest BCUT2D eigenvalue weighted by molar-refractivity contribution is 5.50. The van der Waals surface area contributed by atoms with Crippen LogP contribution in [0.15, 0.2) is 36.7 Å². The van der Waals surface area contributed by atoms with Gasteiger partial charge in [0.25, 0.3) is 0 Å². The molecule has 112 valence electrons. The van der Waals surface area contributed by atoms with Crippen LogP contribution in [0.5, 0.6) is 11.5 Å². The molecule has 0 saturated carbocycles. The van der Waals surface area contributed by atoms with Gasteiger partial charge >= 0.3 is 0 Å². The summed E-state index contributed by atoms with van der Waals surface area (Å²) < 4.78 is 25.0. The molecule has 0 aliphatic heterocycles. The summed E-state index contributed by atoms with van der Waals surface area (Å²) in [4.78, 5) is 3.80. The van der Waals surface area contributed by atoms with E-state index in [4.69, 9.17) is 9.47 Å². The minimum absolute atomic E-state index is 0.364. The van der Waals surface area contributed by atoms with Gasteiger partial charge in [0, 0.05) is 11.8 Å². The largest absolute Gasteiger partial charge is 0.496 e. The van der Waals surface area contributed by atoms with Crippen molar-refractivity contribution < 1.29 is 13.9 Å². The van der Waals surface area contributed by atoms with E-state index in [1.54, 1.807) is 26.5 Å². The number of hydrogen-bond acceptors (Lipinski definition) is 4. The van der Waals surface area contributed by atoms with Crippen LogP contribution in [0.4, 0.5) is 4.39 Å². The molecule has 21 heavy (non-hydrogen) atoms. The molecule has 2 aromatic rings. The maximum Gasteiger partial charge on any atom is 0.146 e. The highest BCUT2D eigenvalue weighted by atomic mass is 19.1. The average molecular weight is 290 g/mol. The van der Waals surface area contributed by atoms with E-state index in [1.807, 2.05) is 25.1 Å². The Bertz CT molecular complexity index is 582. The number of rotatable bonds is 6. The predicted molar refractivity (Wildman–Crippen MR) is 79.3 cm³/mol. The first-order valence-corrected chi connectivity index (χ1v) is 6.76. The molecule has 0 bridgehead atoms. The summed E-state index contributed by atoms with van der Waals surface area (Å²) in [7, 11) is 3.17. The molecular weight excluding hydrogens is 271 g/mol. The maximum absolute atomic E-state index is 14.1. The van der Waals surface area contributed by atoms with Gasteiger partial charge in [-0.3, -0.25) is 4.98 Å². The molecule has 0 aliphatic carbocycles. The van der Waals surface area contributed by atoms with E-state index >= 15 is 0 Å². The zero-order valence-corrected chi connectivity index (χ0v) is 12.4. The van der Waals surface area contributed by atoms with Gasteiger partial charge in [0.15, 0.2) is 0 Å². The van der Waals surface area contributed by atoms with E-state index in [1.165, 1.54) is 6.20 Å². The number of aromatic nitrogens is 1. The predicted octanol–water partition coefficient (Wildman–Crippen LogP) is 2.94. The fourth-order valence-corrected chi connectivity index (χ4v) is 2.36. The van der Waals surface area contributed by atoms with Crippen LogP contribution < -0.4 is 14.8 Å². The molecule has 0 amide bonds. The molecule has 0 fully saturated rings. The maximum atomic E-state index is 14.1. The van der Waals surface area contributed by atoms with Crippen LogP contribution in [0, 0.1) is 5.82 Å². The first kappa shape index (κ1) is 15.3. The van der Waals surface area contributed by atoms with Crippen molar-refractivity contribution in [1.82, 2.24) is 10.3 Å². The summed E-state index contributed by atoms with van der Waals surface area (Å²) in [5.41, 5.74) is 1.28. The molecule has 0 saturated heterocycles. The number of hydrogen-bond donors (Lipinski definition) is 1. The molecule has 0 radical (unpaired) electrons. The molecule has 2 rings (SSSR count). The molecule has 1 unspecified atom stereocenters. The molecule has 1 aromatic heterocycles. The fourth-order valence-electron chi connectivity index (χ4n) is 2.36. The lowest BCUT2D eigenvalue weighted by Gasteiger charge is -2.23. The second-order valence-electron chi connectivity index (χ2n) is 4.46. The first-order chi connectivity index (χ1) is 10.2. The van der Waals surface area contributed by atoms with E-state index in [0.717, 1.165) is 5.56 Å². The van der Waals surface area contributed by atoms with Crippen LogP contribution in [0.2, 0.25) is 0 Å². The van der Waals surface area contributed by atoms with Crippen molar-refractivity contribution in [2.24, 2.45) is 0 Å². The van der Waals surface area contributed by atoms with Crippen LogP contribution in [-0.4, -0.2) is 25.7 Å². The lowest BCUT2D eigenvalue weighted by molar-refractivity contribution is 0.376. The number of pyridine rings is 1. The van der Waals surface area contributed by atoms with Crippen LogP contribution >= 0.6 is 0 Å². The van der Waals surface area contributed by atoms with Crippen molar-refractivity contribution >= 4 is 0 Å². The topological polar surface area (TPSA) is 43.4 Å². The molecular formula is C16H19FN2O2. The van der Waals surface area contributed by atoms with E-state index in [2.05, 4.69) is 10.3 Å². The molecule has 1 N–H and O–H groups in total. The van der Waals surface area contributed by atoms with Crippen molar-refractivity contribution in [3.05, 3.63) is 53.6 Å². The van der Waals surface area contributed by atoms with E-state index in [9.17, 15) is 4.39 Å². The SMILES string of the molecule is CCNC(c1ccncc1F)c1c(OC)cccc1OC. The second kappa shape index (κ2) is 7.04. The van der Waals surface area contributed by atoms with Gasteiger partial charge in [-0.05, 0) is 24.7 Å². The van der Waals surface area contributed by atoms with Crippen LogP contribution in [0.3, 0.4) is 0 Å². The smallest absolute Gasteiger partial charge is 0.146 e. The molecule has 1 atom stereocenters. The third-order valence-corrected chi connectivity index (χ3v) is 3.28. The first-order valence-electron chi connectivity index (χ1n) is 6.76. The summed E-state index contributed by atoms with van der Waals surface area (Å²) in [6.07, 6.45) is 2.78. The normalized spacial score (nSPS) is 12.0. The number of methoxy groups -OCH3 is 2. The Morgan fingerprint density at radius 1 is 1.19 bits per heavy atom. The molecule has 0 aliphatic rings. The number of nitrogens with one attached hydrogen (secondary N) is 1. The Morgan fingerprint density at radius 3 is 2.38 bits per heavy atom. The summed E-state index contributed by atoms with van der Waals surface area (Å²) in [6, 6.07) is 6.80. The van der Waals surface area contributed by atoms with Crippen molar-refractivity contribution in [2.45, 2.75) is 13.0 Å². The standard InChI is InChI=1S/C16H19FN2O2/c1-4-19-16(11-8-9-18-10-12(11)17)15-13(20-2)6-5-7-14(15)21-3/h5-10,16,19H,4H2,1-3H3. The van der Waals surface area contributed by atoms with Crippen molar-refractivity contribution in [1.29, 1.82) is 0 Å². The van der Waals surface area contributed by atoms with Crippen LogP contribution in [0.25, 0.3) is 0 Å². The van der Waals surface area contributed by atoms with Gasteiger partial charge in [0.1, 0.15) is 17.3 Å². The third kappa shape index (κ3) is 3.13. The molecule has 1 heterocycles. The van der Waals surface area contributed by atoms with Gasteiger partial charge in [-0.1, -0.05) is 13.0 Å². The van der Waals surface area contributed by atoms with Gasteiger partial charge < -0.3 is 14.8 Å². The molecule has 0 spiro atoms. The Kier molecular flexibility index (Phi) is 5.11. The van der Waals surface area contributed by atoms with Crippen molar-refractivity contribution in [2.75, 3.05) is 20.8 Å². The number of halogens is 1. The minimum atomic E-state index is -0.371. The van der Waals surface area contributed by atoms with Gasteiger partial charge in [0.2, 0.25) is 0 Å². The highest BCUT2D eigenvalue weighted by Gasteiger charge is 2.24. The Hall–Kier alpha value is -2.14. The van der Waals surface area contributed by atoms with Crippen LogP contribution in [0.1, 0.15) is 24.1 Å². The second-order valence-corrected chi connectivity index (χ2v) is 4.46. The van der Waals surface area contributed by atoms with Crippen molar-refractivity contribution in [3.8, 4) is 11.5 Å². The van der Waals surface area contributed by atoms with E-state index in [0.29, 0.717) is 23.6 Å². The molecule has 5 heteroatoms. The van der Waals surface area contributed by atoms with Crippen LogP contribution in [-0.2, 0) is 0 Å². The van der Waals surface area contributed by atoms with E-state index in [-0.39, 0.29) is 11.9 Å². The number of benzene rings is 1. The highest BCUT2D eigenvalue weighted by Crippen LogP contribution is 2.37. The number of nitrogens with zero attached hydrogens (tertiary/aromatic N) is 1. The Morgan fingerprint density at radius 2 is 1.86 bits per heavy atom.